The summed E-state index contributed by atoms with van der Waals surface area (Å²) in [6.45, 7) is 4.32. The average Bonchev–Trinajstić information content (AvgIpc) is 3.79. The van der Waals surface area contributed by atoms with Gasteiger partial charge in [-0.05, 0) is 42.8 Å². The van der Waals surface area contributed by atoms with E-state index in [1.165, 1.54) is 36.6 Å². The molecule has 0 spiro atoms. The average molecular weight is 738 g/mol. The van der Waals surface area contributed by atoms with Crippen molar-refractivity contribution in [3.05, 3.63) is 86.7 Å². The number of amidine groups is 1. The van der Waals surface area contributed by atoms with Crippen molar-refractivity contribution in [1.29, 1.82) is 0 Å². The fourth-order valence-electron chi connectivity index (χ4n) is 7.08. The lowest BCUT2D eigenvalue weighted by molar-refractivity contribution is -0.138. The first-order chi connectivity index (χ1) is 24.7. The number of piperazine rings is 1. The molecule has 3 fully saturated rings. The Hall–Kier alpha value is -4.57. The zero-order valence-electron chi connectivity index (χ0n) is 27.8. The van der Waals surface area contributed by atoms with Crippen molar-refractivity contribution < 1.29 is 33.4 Å². The van der Waals surface area contributed by atoms with Crippen LogP contribution in [0.25, 0.3) is 0 Å². The molecular formula is C35H37ClFN7O6S. The summed E-state index contributed by atoms with van der Waals surface area (Å²) in [5, 5.41) is 15.0. The van der Waals surface area contributed by atoms with E-state index in [-0.39, 0.29) is 35.2 Å². The molecule has 5 heterocycles. The van der Waals surface area contributed by atoms with E-state index in [4.69, 9.17) is 31.2 Å². The van der Waals surface area contributed by atoms with Gasteiger partial charge in [0.25, 0.3) is 0 Å². The van der Waals surface area contributed by atoms with Crippen molar-refractivity contribution in [1.82, 2.24) is 20.1 Å². The minimum atomic E-state index is -0.860. The second-order valence-electron chi connectivity index (χ2n) is 12.8. The number of carbonyl (C=O) groups is 3. The van der Waals surface area contributed by atoms with Crippen molar-refractivity contribution in [3.63, 3.8) is 0 Å². The first kappa shape index (κ1) is 34.9. The molecular weight excluding hydrogens is 701 g/mol. The second-order valence-corrected chi connectivity index (χ2v) is 14.1. The number of methoxy groups -OCH3 is 1. The van der Waals surface area contributed by atoms with Gasteiger partial charge in [0.1, 0.15) is 11.9 Å². The molecule has 7 rings (SSSR count). The Bertz CT molecular complexity index is 1860. The van der Waals surface area contributed by atoms with E-state index in [1.807, 2.05) is 34.5 Å². The van der Waals surface area contributed by atoms with E-state index < -0.39 is 23.8 Å². The highest BCUT2D eigenvalue weighted by Crippen LogP contribution is 2.37. The number of rotatable bonds is 10. The molecule has 0 aliphatic carbocycles. The van der Waals surface area contributed by atoms with Crippen LogP contribution in [0.1, 0.15) is 29.5 Å². The van der Waals surface area contributed by atoms with Gasteiger partial charge in [-0.25, -0.2) is 19.0 Å². The Morgan fingerprint density at radius 3 is 2.65 bits per heavy atom. The number of halogens is 2. The molecule has 2 N–H and O–H groups in total. The second kappa shape index (κ2) is 15.0. The number of carboxylic acid groups (broad SMARTS) is 1. The van der Waals surface area contributed by atoms with Gasteiger partial charge in [-0.15, -0.1) is 11.3 Å². The van der Waals surface area contributed by atoms with Gasteiger partial charge in [-0.1, -0.05) is 17.7 Å². The number of urea groups is 1. The van der Waals surface area contributed by atoms with Gasteiger partial charge in [-0.2, -0.15) is 0 Å². The lowest BCUT2D eigenvalue weighted by Gasteiger charge is -2.38. The number of hydrogen-bond donors (Lipinski definition) is 2. The maximum absolute atomic E-state index is 14.0. The Morgan fingerprint density at radius 2 is 1.92 bits per heavy atom. The fraction of sp³-hybridized carbons (Fsp3) is 0.400. The number of amides is 2. The molecule has 2 aromatic carbocycles. The maximum atomic E-state index is 14.0. The number of nitrogens with one attached hydrogen (secondary N) is 1. The summed E-state index contributed by atoms with van der Waals surface area (Å²) in [5.74, 6) is -1.45. The molecule has 3 atom stereocenters. The molecule has 0 bridgehead atoms. The minimum absolute atomic E-state index is 0.0537. The van der Waals surface area contributed by atoms with Crippen LogP contribution in [0.15, 0.2) is 70.3 Å². The summed E-state index contributed by atoms with van der Waals surface area (Å²) in [6, 6.07) is 10.9. The summed E-state index contributed by atoms with van der Waals surface area (Å²) >= 11 is 7.90. The van der Waals surface area contributed by atoms with Crippen molar-refractivity contribution in [2.75, 3.05) is 69.3 Å². The number of nitrogens with zero attached hydrogens (tertiary/aromatic N) is 6. The van der Waals surface area contributed by atoms with Crippen molar-refractivity contribution in [2.45, 2.75) is 31.0 Å². The standard InChI is InChI=1S/C35H37ClFN7O6S/c1-49-34(47)30-28(39-32(33-38-10-15-51-33)40-31(30)26-8-2-21(37)16-27(26)36)20-41-11-12-43-24(17-41)18-44(35(43)48)23-5-3-22(4-6-23)42-13-14-50-25(19-42)7-9-29(45)46/h2-6,8,10,15-16,24-25,31H,7,9,11-14,17-20H2,1H3,(H,39,40)(H,45,46)/t24-,25+,31-/m0/s1. The number of fused-ring (bicyclic) bond motifs is 1. The molecule has 1 aromatic heterocycles. The third-order valence-corrected chi connectivity index (χ3v) is 10.7. The number of hydrogen-bond acceptors (Lipinski definition) is 11. The number of anilines is 2. The topological polar surface area (TPSA) is 140 Å². The molecule has 2 amide bonds. The van der Waals surface area contributed by atoms with Crippen LogP contribution in [-0.2, 0) is 19.1 Å². The van der Waals surface area contributed by atoms with Crippen molar-refractivity contribution in [2.24, 2.45) is 4.99 Å². The number of benzene rings is 2. The largest absolute Gasteiger partial charge is 0.481 e. The molecule has 3 saturated heterocycles. The number of carboxylic acids is 1. The van der Waals surface area contributed by atoms with Crippen molar-refractivity contribution in [3.8, 4) is 0 Å². The van der Waals surface area contributed by atoms with Gasteiger partial charge in [0, 0.05) is 91.5 Å². The minimum Gasteiger partial charge on any atom is -0.481 e. The van der Waals surface area contributed by atoms with Crippen LogP contribution in [0.3, 0.4) is 0 Å². The van der Waals surface area contributed by atoms with Crippen LogP contribution < -0.4 is 15.1 Å². The number of esters is 1. The molecule has 268 valence electrons. The summed E-state index contributed by atoms with van der Waals surface area (Å²) in [5.41, 5.74) is 3.10. The number of aliphatic carboxylic acids is 1. The normalized spacial score (nSPS) is 22.5. The number of aromatic nitrogens is 1. The van der Waals surface area contributed by atoms with E-state index >= 15 is 0 Å². The molecule has 0 saturated carbocycles. The predicted molar refractivity (Wildman–Crippen MR) is 190 cm³/mol. The molecule has 4 aliphatic heterocycles. The highest BCUT2D eigenvalue weighted by molar-refractivity contribution is 7.11. The van der Waals surface area contributed by atoms with Crippen LogP contribution in [0.4, 0.5) is 20.6 Å². The van der Waals surface area contributed by atoms with E-state index in [1.54, 1.807) is 11.1 Å². The Labute approximate surface area is 302 Å². The van der Waals surface area contributed by atoms with Crippen molar-refractivity contribution >= 4 is 58.1 Å². The van der Waals surface area contributed by atoms with Crippen LogP contribution in [-0.4, -0.2) is 115 Å². The van der Waals surface area contributed by atoms with Gasteiger partial charge in [-0.3, -0.25) is 19.6 Å². The summed E-state index contributed by atoms with van der Waals surface area (Å²) in [4.78, 5) is 55.3. The van der Waals surface area contributed by atoms with Crippen LogP contribution in [0, 0.1) is 5.82 Å². The first-order valence-corrected chi connectivity index (χ1v) is 17.9. The molecule has 16 heteroatoms. The molecule has 0 radical (unpaired) electrons. The zero-order valence-corrected chi connectivity index (χ0v) is 29.4. The fourth-order valence-corrected chi connectivity index (χ4v) is 7.94. The van der Waals surface area contributed by atoms with E-state index in [2.05, 4.69) is 20.1 Å². The zero-order chi connectivity index (χ0) is 35.6. The van der Waals surface area contributed by atoms with E-state index in [9.17, 15) is 18.8 Å². The lowest BCUT2D eigenvalue weighted by atomic mass is 9.95. The molecule has 13 nitrogen and oxygen atoms in total. The molecule has 0 unspecified atom stereocenters. The molecule has 3 aromatic rings. The third-order valence-electron chi connectivity index (χ3n) is 9.59. The highest BCUT2D eigenvalue weighted by Gasteiger charge is 2.42. The Kier molecular flexibility index (Phi) is 10.2. The van der Waals surface area contributed by atoms with Gasteiger partial charge >= 0.3 is 18.0 Å². The lowest BCUT2D eigenvalue weighted by Crippen LogP contribution is -2.53. The van der Waals surface area contributed by atoms with E-state index in [0.717, 1.165) is 11.4 Å². The van der Waals surface area contributed by atoms with Gasteiger partial charge in [0.15, 0.2) is 10.8 Å². The summed E-state index contributed by atoms with van der Waals surface area (Å²) in [7, 11) is 1.31. The van der Waals surface area contributed by atoms with Crippen LogP contribution in [0.2, 0.25) is 5.02 Å². The SMILES string of the molecule is COC(=O)C1=C(CN2CCN3C(=O)N(c4ccc(N5CCO[C@H](CCC(=O)O)C5)cc4)C[C@@H]3C2)NC(c2nccs2)=N[C@H]1c1ccc(F)cc1Cl. The van der Waals surface area contributed by atoms with Gasteiger partial charge in [0.05, 0.1) is 31.4 Å². The van der Waals surface area contributed by atoms with Crippen LogP contribution >= 0.6 is 22.9 Å². The molecule has 51 heavy (non-hydrogen) atoms. The van der Waals surface area contributed by atoms with Crippen LogP contribution in [0.5, 0.6) is 0 Å². The predicted octanol–water partition coefficient (Wildman–Crippen LogP) is 4.15. The monoisotopic (exact) mass is 737 g/mol. The number of ether oxygens (including phenoxy) is 2. The first-order valence-electron chi connectivity index (χ1n) is 16.7. The van der Waals surface area contributed by atoms with Gasteiger partial charge < -0.3 is 29.7 Å². The number of morpholine rings is 1. The van der Waals surface area contributed by atoms with E-state index in [0.29, 0.717) is 80.9 Å². The number of thiazole rings is 1. The smallest absolute Gasteiger partial charge is 0.338 e. The summed E-state index contributed by atoms with van der Waals surface area (Å²) in [6.07, 6.45) is 2.05. The number of carbonyl (C=O) groups excluding carboxylic acids is 2. The Morgan fingerprint density at radius 1 is 1.12 bits per heavy atom. The van der Waals surface area contributed by atoms with Gasteiger partial charge in [0.2, 0.25) is 0 Å². The quantitative estimate of drug-likeness (QED) is 0.292. The maximum Gasteiger partial charge on any atom is 0.338 e. The highest BCUT2D eigenvalue weighted by atomic mass is 35.5. The molecule has 4 aliphatic rings. The number of aliphatic imine (C=N–C) groups is 1. The summed E-state index contributed by atoms with van der Waals surface area (Å²) < 4.78 is 25.0. The third kappa shape index (κ3) is 7.42. The Balaban J connectivity index is 1.07.